The van der Waals surface area contributed by atoms with E-state index < -0.39 is 0 Å². The number of rotatable bonds is 5. The molecule has 1 aromatic heterocycles. The molecule has 2 fully saturated rings. The zero-order valence-corrected chi connectivity index (χ0v) is 16.5. The van der Waals surface area contributed by atoms with Crippen LogP contribution in [0, 0.1) is 6.92 Å². The van der Waals surface area contributed by atoms with Gasteiger partial charge in [0.15, 0.2) is 11.8 Å². The van der Waals surface area contributed by atoms with Crippen LogP contribution in [0.4, 0.5) is 0 Å². The highest BCUT2D eigenvalue weighted by Gasteiger charge is 2.25. The Morgan fingerprint density at radius 2 is 2.07 bits per heavy atom. The van der Waals surface area contributed by atoms with Gasteiger partial charge in [-0.1, -0.05) is 36.6 Å². The van der Waals surface area contributed by atoms with Crippen LogP contribution in [0.1, 0.15) is 49.4 Å². The maximum absolute atomic E-state index is 12.2. The van der Waals surface area contributed by atoms with Crippen molar-refractivity contribution in [2.75, 3.05) is 0 Å². The van der Waals surface area contributed by atoms with Gasteiger partial charge in [-0.3, -0.25) is 9.79 Å². The number of nitrogens with one attached hydrogen (secondary N) is 1. The van der Waals surface area contributed by atoms with Gasteiger partial charge in [-0.25, -0.2) is 0 Å². The van der Waals surface area contributed by atoms with Crippen molar-refractivity contribution >= 4 is 28.9 Å². The number of thioether (sulfide) groups is 1. The topological polar surface area (TPSA) is 89.6 Å². The molecule has 8 heteroatoms. The number of benzene rings is 1. The zero-order valence-electron chi connectivity index (χ0n) is 15.7. The molecule has 28 heavy (non-hydrogen) atoms. The van der Waals surface area contributed by atoms with Crippen molar-refractivity contribution in [2.45, 2.75) is 51.7 Å². The number of carbonyl (C=O) groups is 1. The third-order valence-electron chi connectivity index (χ3n) is 4.64. The van der Waals surface area contributed by atoms with Gasteiger partial charge in [0.05, 0.1) is 10.9 Å². The third-order valence-corrected chi connectivity index (χ3v) is 5.56. The number of hydrogen-bond donors (Lipinski definition) is 1. The van der Waals surface area contributed by atoms with E-state index in [0.717, 1.165) is 23.6 Å². The summed E-state index contributed by atoms with van der Waals surface area (Å²) in [5, 5.41) is 7.40. The monoisotopic (exact) mass is 398 g/mol. The highest BCUT2D eigenvalue weighted by atomic mass is 32.2. The van der Waals surface area contributed by atoms with E-state index in [1.807, 2.05) is 30.3 Å². The maximum Gasteiger partial charge on any atom is 0.264 e. The lowest BCUT2D eigenvalue weighted by atomic mass is 9.96. The molecule has 1 saturated heterocycles. The number of ether oxygens (including phenoxy) is 1. The van der Waals surface area contributed by atoms with Crippen LogP contribution in [-0.2, 0) is 11.4 Å². The van der Waals surface area contributed by atoms with Gasteiger partial charge in [-0.15, -0.1) is 0 Å². The molecule has 2 heterocycles. The Bertz CT molecular complexity index is 898. The lowest BCUT2D eigenvalue weighted by Gasteiger charge is -2.17. The minimum Gasteiger partial charge on any atom is -0.485 e. The minimum absolute atomic E-state index is 0.0904. The first-order valence-corrected chi connectivity index (χ1v) is 10.3. The first kappa shape index (κ1) is 18.7. The number of hydrogen-bond acceptors (Lipinski definition) is 7. The highest BCUT2D eigenvalue weighted by molar-refractivity contribution is 8.18. The van der Waals surface area contributed by atoms with Crippen LogP contribution in [0.15, 0.2) is 38.7 Å². The molecule has 7 nitrogen and oxygen atoms in total. The molecule has 4 rings (SSSR count). The van der Waals surface area contributed by atoms with E-state index >= 15 is 0 Å². The lowest BCUT2D eigenvalue weighted by Crippen LogP contribution is -2.22. The van der Waals surface area contributed by atoms with Crippen LogP contribution in [0.3, 0.4) is 0 Å². The van der Waals surface area contributed by atoms with Crippen LogP contribution in [0.5, 0.6) is 5.75 Å². The lowest BCUT2D eigenvalue weighted by molar-refractivity contribution is -0.115. The first-order chi connectivity index (χ1) is 13.7. The third kappa shape index (κ3) is 4.81. The second kappa shape index (κ2) is 8.60. The van der Waals surface area contributed by atoms with Crippen LogP contribution in [0.25, 0.3) is 6.08 Å². The normalized spacial score (nSPS) is 20.7. The molecule has 0 radical (unpaired) electrons. The molecule has 1 aliphatic carbocycles. The van der Waals surface area contributed by atoms with Gasteiger partial charge in [0.25, 0.3) is 5.91 Å². The molecule has 0 bridgehead atoms. The molecule has 1 N–H and O–H groups in total. The Morgan fingerprint density at radius 3 is 2.79 bits per heavy atom. The molecule has 0 spiro atoms. The van der Waals surface area contributed by atoms with Gasteiger partial charge < -0.3 is 14.6 Å². The smallest absolute Gasteiger partial charge is 0.264 e. The van der Waals surface area contributed by atoms with Gasteiger partial charge in [0.2, 0.25) is 11.7 Å². The van der Waals surface area contributed by atoms with Crippen LogP contribution >= 0.6 is 11.8 Å². The highest BCUT2D eigenvalue weighted by Crippen LogP contribution is 2.29. The number of aryl methyl sites for hydroxylation is 1. The molecular formula is C20H22N4O3S. The summed E-state index contributed by atoms with van der Waals surface area (Å²) in [7, 11) is 0. The van der Waals surface area contributed by atoms with E-state index in [-0.39, 0.29) is 12.5 Å². The quantitative estimate of drug-likeness (QED) is 0.770. The van der Waals surface area contributed by atoms with E-state index in [1.165, 1.54) is 31.0 Å². The number of nitrogens with zero attached hydrogens (tertiary/aromatic N) is 3. The Kier molecular flexibility index (Phi) is 5.76. The fraction of sp³-hybridized carbons (Fsp3) is 0.400. The molecule has 146 valence electrons. The molecular weight excluding hydrogens is 376 g/mol. The summed E-state index contributed by atoms with van der Waals surface area (Å²) in [5.41, 5.74) is 0.930. The Balaban J connectivity index is 1.36. The number of aromatic nitrogens is 2. The standard InChI is InChI=1S/C20H22N4O3S/c1-13-21-18(24-27-13)12-26-16-9-7-14(8-10-16)11-17-19(25)23-20(28-17)22-15-5-3-2-4-6-15/h7-11,15H,2-6,12H2,1H3,(H,22,23,25). The average Bonchev–Trinajstić information content (AvgIpc) is 3.27. The van der Waals surface area contributed by atoms with E-state index in [4.69, 9.17) is 14.3 Å². The van der Waals surface area contributed by atoms with Gasteiger partial charge in [-0.05, 0) is 48.4 Å². The first-order valence-electron chi connectivity index (χ1n) is 9.46. The van der Waals surface area contributed by atoms with Crippen molar-refractivity contribution in [1.82, 2.24) is 15.5 Å². The van der Waals surface area contributed by atoms with Crippen molar-refractivity contribution < 1.29 is 14.1 Å². The SMILES string of the molecule is Cc1nc(COc2ccc(C=C3SC(=NC4CCCCC4)NC3=O)cc2)no1. The van der Waals surface area contributed by atoms with Crippen LogP contribution in [0.2, 0.25) is 0 Å². The summed E-state index contributed by atoms with van der Waals surface area (Å²) in [5.74, 6) is 1.63. The van der Waals surface area contributed by atoms with Crippen LogP contribution < -0.4 is 10.1 Å². The maximum atomic E-state index is 12.2. The number of amidine groups is 1. The molecule has 1 saturated carbocycles. The van der Waals surface area contributed by atoms with Gasteiger partial charge in [0.1, 0.15) is 5.75 Å². The summed E-state index contributed by atoms with van der Waals surface area (Å²) in [6.45, 7) is 1.98. The summed E-state index contributed by atoms with van der Waals surface area (Å²) in [6, 6.07) is 7.87. The number of amides is 1. The molecule has 1 aromatic carbocycles. The molecule has 2 aliphatic rings. The van der Waals surface area contributed by atoms with Crippen molar-refractivity contribution in [3.63, 3.8) is 0 Å². The van der Waals surface area contributed by atoms with Gasteiger partial charge in [-0.2, -0.15) is 4.98 Å². The largest absolute Gasteiger partial charge is 0.485 e. The summed E-state index contributed by atoms with van der Waals surface area (Å²) >= 11 is 1.41. The molecule has 2 aromatic rings. The summed E-state index contributed by atoms with van der Waals surface area (Å²) in [4.78, 5) is 21.7. The summed E-state index contributed by atoms with van der Waals surface area (Å²) in [6.07, 6.45) is 7.84. The fourth-order valence-corrected chi connectivity index (χ4v) is 4.12. The Hall–Kier alpha value is -2.61. The second-order valence-electron chi connectivity index (χ2n) is 6.88. The van der Waals surface area contributed by atoms with E-state index in [2.05, 4.69) is 15.5 Å². The number of aliphatic imine (C=N–C) groups is 1. The minimum atomic E-state index is -0.0904. The molecule has 0 unspecified atom stereocenters. The van der Waals surface area contributed by atoms with Crippen molar-refractivity contribution in [3.05, 3.63) is 46.4 Å². The van der Waals surface area contributed by atoms with Gasteiger partial charge in [0, 0.05) is 6.92 Å². The Labute approximate surface area is 167 Å². The summed E-state index contributed by atoms with van der Waals surface area (Å²) < 4.78 is 10.6. The van der Waals surface area contributed by atoms with Crippen molar-refractivity contribution in [2.24, 2.45) is 4.99 Å². The van der Waals surface area contributed by atoms with E-state index in [1.54, 1.807) is 6.92 Å². The van der Waals surface area contributed by atoms with Gasteiger partial charge >= 0.3 is 0 Å². The molecule has 1 amide bonds. The molecule has 1 aliphatic heterocycles. The predicted octanol–water partition coefficient (Wildman–Crippen LogP) is 3.85. The second-order valence-corrected chi connectivity index (χ2v) is 7.91. The van der Waals surface area contributed by atoms with Crippen molar-refractivity contribution in [1.29, 1.82) is 0 Å². The predicted molar refractivity (Wildman–Crippen MR) is 108 cm³/mol. The fourth-order valence-electron chi connectivity index (χ4n) is 3.22. The average molecular weight is 398 g/mol. The Morgan fingerprint density at radius 1 is 1.29 bits per heavy atom. The zero-order chi connectivity index (χ0) is 19.3. The van der Waals surface area contributed by atoms with Crippen molar-refractivity contribution in [3.8, 4) is 5.75 Å². The number of carbonyl (C=O) groups excluding carboxylic acids is 1. The van der Waals surface area contributed by atoms with Crippen LogP contribution in [-0.4, -0.2) is 27.3 Å². The van der Waals surface area contributed by atoms with E-state index in [0.29, 0.717) is 28.4 Å². The van der Waals surface area contributed by atoms with E-state index in [9.17, 15) is 4.79 Å². The molecule has 0 atom stereocenters.